The third-order valence-corrected chi connectivity index (χ3v) is 6.90. The number of nitrogens with one attached hydrogen (secondary N) is 1. The van der Waals surface area contributed by atoms with Crippen molar-refractivity contribution in [3.8, 4) is 40.7 Å². The number of halogens is 2. The predicted molar refractivity (Wildman–Crippen MR) is 191 cm³/mol. The van der Waals surface area contributed by atoms with E-state index in [1.54, 1.807) is 39.0 Å². The topological polar surface area (TPSA) is 208 Å². The van der Waals surface area contributed by atoms with Crippen LogP contribution in [0, 0.1) is 11.3 Å². The summed E-state index contributed by atoms with van der Waals surface area (Å²) in [5, 5.41) is 24.6. The first-order valence-electron chi connectivity index (χ1n) is 15.9. The van der Waals surface area contributed by atoms with E-state index in [0.717, 1.165) is 0 Å². The molecule has 0 atom stereocenters. The number of nitriles is 1. The number of amides is 2. The number of alkyl carbamates (subject to hydrolysis) is 1. The Morgan fingerprint density at radius 1 is 0.962 bits per heavy atom. The van der Waals surface area contributed by atoms with Gasteiger partial charge in [0.1, 0.15) is 38.5 Å². The number of carbonyl (C=O) groups excluding carboxylic acids is 2. The van der Waals surface area contributed by atoms with Crippen molar-refractivity contribution in [1.82, 2.24) is 25.3 Å². The van der Waals surface area contributed by atoms with Crippen molar-refractivity contribution in [1.29, 1.82) is 5.26 Å². The number of pyridine rings is 2. The molecule has 0 radical (unpaired) electrons. The minimum atomic E-state index is -0.970. The molecule has 0 bridgehead atoms. The Labute approximate surface area is 312 Å². The maximum atomic E-state index is 12.1. The van der Waals surface area contributed by atoms with Crippen LogP contribution in [0.2, 0.25) is 10.3 Å². The number of hydrogen-bond donors (Lipinski definition) is 2. The van der Waals surface area contributed by atoms with Gasteiger partial charge in [0.25, 0.3) is 0 Å². The molecule has 0 aliphatic rings. The van der Waals surface area contributed by atoms with Crippen LogP contribution in [0.1, 0.15) is 71.2 Å². The second-order valence-electron chi connectivity index (χ2n) is 12.7. The Kier molecular flexibility index (Phi) is 16.7. The van der Waals surface area contributed by atoms with Gasteiger partial charge in [0.05, 0.1) is 46.1 Å². The van der Waals surface area contributed by atoms with Gasteiger partial charge in [0, 0.05) is 36.8 Å². The van der Waals surface area contributed by atoms with Gasteiger partial charge in [-0.25, -0.2) is 19.6 Å². The number of Topliss-reactive ketones (excluding diaryl/α,β-unsaturated/α-hetero) is 1. The molecule has 52 heavy (non-hydrogen) atoms. The maximum Gasteiger partial charge on any atom is 0.407 e. The number of carbonyl (C=O) groups is 3. The molecular weight excluding hydrogens is 723 g/mol. The van der Waals surface area contributed by atoms with Gasteiger partial charge in [-0.15, -0.1) is 0 Å². The maximum absolute atomic E-state index is 12.1. The lowest BCUT2D eigenvalue weighted by molar-refractivity contribution is 0.0525. The summed E-state index contributed by atoms with van der Waals surface area (Å²) >= 11 is 11.9. The van der Waals surface area contributed by atoms with Gasteiger partial charge in [-0.3, -0.25) is 4.79 Å². The minimum Gasteiger partial charge on any atom is -0.496 e. The summed E-state index contributed by atoms with van der Waals surface area (Å²) in [7, 11) is 2.88. The van der Waals surface area contributed by atoms with Crippen molar-refractivity contribution >= 4 is 41.2 Å². The van der Waals surface area contributed by atoms with Gasteiger partial charge < -0.3 is 43.5 Å². The van der Waals surface area contributed by atoms with Crippen LogP contribution in [0.5, 0.6) is 23.3 Å². The zero-order valence-corrected chi connectivity index (χ0v) is 31.9. The Bertz CT molecular complexity index is 1690. The minimum absolute atomic E-state index is 0.00753. The van der Waals surface area contributed by atoms with E-state index in [9.17, 15) is 19.5 Å². The van der Waals surface area contributed by atoms with Gasteiger partial charge in [0.15, 0.2) is 11.5 Å². The number of rotatable bonds is 15. The van der Waals surface area contributed by atoms with Crippen LogP contribution in [-0.2, 0) is 4.74 Å². The quantitative estimate of drug-likeness (QED) is 0.0900. The fourth-order valence-electron chi connectivity index (χ4n) is 4.32. The highest BCUT2D eigenvalue weighted by atomic mass is 35.5. The summed E-state index contributed by atoms with van der Waals surface area (Å²) in [4.78, 5) is 44.6. The molecular formula is C34H44Cl2N6O10. The Morgan fingerprint density at radius 3 is 2.10 bits per heavy atom. The Morgan fingerprint density at radius 2 is 1.56 bits per heavy atom. The van der Waals surface area contributed by atoms with E-state index in [0.29, 0.717) is 43.0 Å². The van der Waals surface area contributed by atoms with Crippen LogP contribution < -0.4 is 24.3 Å². The highest BCUT2D eigenvalue weighted by Gasteiger charge is 2.26. The van der Waals surface area contributed by atoms with Crippen LogP contribution >= 0.6 is 23.2 Å². The van der Waals surface area contributed by atoms with Gasteiger partial charge in [-0.05, 0) is 54.4 Å². The van der Waals surface area contributed by atoms with E-state index in [4.69, 9.17) is 56.7 Å². The number of carboxylic acid groups (broad SMARTS) is 1. The first-order chi connectivity index (χ1) is 24.4. The lowest BCUT2D eigenvalue weighted by Crippen LogP contribution is -2.45. The average molecular weight is 768 g/mol. The van der Waals surface area contributed by atoms with Crippen molar-refractivity contribution in [2.45, 2.75) is 71.9 Å². The Hall–Kier alpha value is -5.01. The third kappa shape index (κ3) is 14.0. The van der Waals surface area contributed by atoms with E-state index in [-0.39, 0.29) is 53.0 Å². The SMILES string of the molecule is COc1cc(Cl)nc(OCCCN(C(=O)O)C(C)(C)C)c1-c1ccno1.COc1cc(Cl)nc(OCCCNC(=O)OC(C)(C)C)c1C(=O)CC#N. The van der Waals surface area contributed by atoms with E-state index in [1.807, 2.05) is 20.8 Å². The smallest absolute Gasteiger partial charge is 0.407 e. The molecule has 0 saturated heterocycles. The van der Waals surface area contributed by atoms with Crippen molar-refractivity contribution in [2.75, 3.05) is 40.5 Å². The molecule has 0 fully saturated rings. The second kappa shape index (κ2) is 20.1. The molecule has 18 heteroatoms. The Balaban J connectivity index is 0.000000360. The molecule has 284 valence electrons. The molecule has 3 rings (SSSR count). The molecule has 2 N–H and O–H groups in total. The zero-order valence-electron chi connectivity index (χ0n) is 30.4. The van der Waals surface area contributed by atoms with E-state index in [1.165, 1.54) is 31.4 Å². The van der Waals surface area contributed by atoms with E-state index >= 15 is 0 Å². The summed E-state index contributed by atoms with van der Waals surface area (Å²) < 4.78 is 32.0. The lowest BCUT2D eigenvalue weighted by atomic mass is 10.1. The predicted octanol–water partition coefficient (Wildman–Crippen LogP) is 7.08. The van der Waals surface area contributed by atoms with Crippen molar-refractivity contribution in [3.05, 3.63) is 40.3 Å². The number of ether oxygens (including phenoxy) is 5. The van der Waals surface area contributed by atoms with E-state index in [2.05, 4.69) is 20.4 Å². The second-order valence-corrected chi connectivity index (χ2v) is 13.5. The van der Waals surface area contributed by atoms with Crippen molar-refractivity contribution in [3.63, 3.8) is 0 Å². The zero-order chi connectivity index (χ0) is 39.1. The van der Waals surface area contributed by atoms with E-state index < -0.39 is 29.1 Å². The molecule has 0 unspecified atom stereocenters. The molecule has 0 aliphatic carbocycles. The van der Waals surface area contributed by atoms with Crippen LogP contribution in [-0.4, -0.2) is 94.8 Å². The molecule has 3 heterocycles. The highest BCUT2D eigenvalue weighted by Crippen LogP contribution is 2.39. The fourth-order valence-corrected chi connectivity index (χ4v) is 4.67. The molecule has 0 spiro atoms. The third-order valence-electron chi connectivity index (χ3n) is 6.51. The summed E-state index contributed by atoms with van der Waals surface area (Å²) in [5.74, 6) is 0.819. The van der Waals surface area contributed by atoms with Gasteiger partial charge in [-0.1, -0.05) is 28.4 Å². The molecule has 0 saturated carbocycles. The fraction of sp³-hybridized carbons (Fsp3) is 0.500. The van der Waals surface area contributed by atoms with Gasteiger partial charge >= 0.3 is 12.2 Å². The summed E-state index contributed by atoms with van der Waals surface area (Å²) in [6.07, 6.45) is 0.599. The average Bonchev–Trinajstić information content (AvgIpc) is 3.57. The van der Waals surface area contributed by atoms with Gasteiger partial charge in [-0.2, -0.15) is 5.26 Å². The van der Waals surface area contributed by atoms with Crippen LogP contribution in [0.3, 0.4) is 0 Å². The number of nitrogens with zero attached hydrogens (tertiary/aromatic N) is 5. The van der Waals surface area contributed by atoms with Crippen molar-refractivity contribution < 1.29 is 47.7 Å². The number of ketones is 1. The monoisotopic (exact) mass is 766 g/mol. The van der Waals surface area contributed by atoms with Gasteiger partial charge in [0.2, 0.25) is 11.8 Å². The number of methoxy groups -OCH3 is 2. The molecule has 16 nitrogen and oxygen atoms in total. The van der Waals surface area contributed by atoms with Crippen LogP contribution in [0.25, 0.3) is 11.3 Å². The largest absolute Gasteiger partial charge is 0.496 e. The first kappa shape index (κ1) is 43.2. The molecule has 3 aromatic heterocycles. The van der Waals surface area contributed by atoms with Crippen LogP contribution in [0.15, 0.2) is 28.9 Å². The number of aromatic nitrogens is 3. The normalized spacial score (nSPS) is 10.9. The molecule has 3 aromatic rings. The standard InChI is InChI=1S/2C17H22ClN3O5/c1-17(2,3)21(16(22)23)8-5-9-25-15-14(11-6-7-19-26-11)12(24-4)10-13(18)20-15;1-17(2,3)26-16(23)20-8-5-9-25-15-14(11(22)6-7-19)12(24-4)10-13(18)21-15/h6-7,10H,5,8-9H2,1-4H3,(H,22,23);10H,5-6,8-9H2,1-4H3,(H,20,23). The lowest BCUT2D eigenvalue weighted by Gasteiger charge is -2.33. The first-order valence-corrected chi connectivity index (χ1v) is 16.7. The molecule has 0 aromatic carbocycles. The summed E-state index contributed by atoms with van der Waals surface area (Å²) in [6, 6.07) is 6.37. The molecule has 0 aliphatic heterocycles. The number of hydrogen-bond acceptors (Lipinski definition) is 13. The van der Waals surface area contributed by atoms with Crippen LogP contribution in [0.4, 0.5) is 9.59 Å². The van der Waals surface area contributed by atoms with Crippen molar-refractivity contribution in [2.24, 2.45) is 0 Å². The summed E-state index contributed by atoms with van der Waals surface area (Å²) in [6.45, 7) is 11.9. The highest BCUT2D eigenvalue weighted by molar-refractivity contribution is 6.30. The summed E-state index contributed by atoms with van der Waals surface area (Å²) in [5.41, 5.74) is -0.495. The molecule has 2 amide bonds.